The second kappa shape index (κ2) is 9.36. The first-order valence-corrected chi connectivity index (χ1v) is 12.7. The highest BCUT2D eigenvalue weighted by Crippen LogP contribution is 2.47. The Bertz CT molecular complexity index is 1090. The monoisotopic (exact) mass is 488 g/mol. The fraction of sp³-hybridized carbons (Fsp3) is 0.417. The lowest BCUT2D eigenvalue weighted by Gasteiger charge is -2.38. The minimum Gasteiger partial charge on any atom is -0.497 e. The number of carbonyl (C=O) groups excluding carboxylic acids is 1. The van der Waals surface area contributed by atoms with Gasteiger partial charge in [0.05, 0.1) is 30.4 Å². The Morgan fingerprint density at radius 1 is 1.26 bits per heavy atom. The number of ether oxygens (including phenoxy) is 2. The lowest BCUT2D eigenvalue weighted by Crippen LogP contribution is -2.48. The predicted octanol–water partition coefficient (Wildman–Crippen LogP) is 4.00. The maximum Gasteiger partial charge on any atom is 0.232 e. The summed E-state index contributed by atoms with van der Waals surface area (Å²) in [7, 11) is -1.73. The summed E-state index contributed by atoms with van der Waals surface area (Å²) in [5.41, 5.74) is 7.25. The summed E-state index contributed by atoms with van der Waals surface area (Å²) in [6, 6.07) is 12.9. The van der Waals surface area contributed by atoms with E-state index in [2.05, 4.69) is 9.12 Å². The first kappa shape index (κ1) is 24.2. The number of nitrogens with one attached hydrogen (secondary N) is 1. The average molecular weight is 489 g/mol. The Balaban J connectivity index is 1.43. The lowest BCUT2D eigenvalue weighted by molar-refractivity contribution is -0.138. The lowest BCUT2D eigenvalue weighted by atomic mass is 9.82. The Morgan fingerprint density at radius 2 is 2.00 bits per heavy atom. The van der Waals surface area contributed by atoms with Crippen molar-refractivity contribution in [2.24, 2.45) is 16.0 Å². The summed E-state index contributed by atoms with van der Waals surface area (Å²) in [5.74, 6) is 1.55. The molecule has 0 saturated carbocycles. The molecular formula is C24H32N4O5S. The molecule has 0 aromatic heterocycles. The van der Waals surface area contributed by atoms with Gasteiger partial charge in [0.15, 0.2) is 5.84 Å². The van der Waals surface area contributed by atoms with Gasteiger partial charge in [0.25, 0.3) is 0 Å². The van der Waals surface area contributed by atoms with Gasteiger partial charge in [0, 0.05) is 19.0 Å². The highest BCUT2D eigenvalue weighted by molar-refractivity contribution is 8.24. The van der Waals surface area contributed by atoms with Crippen LogP contribution in [0.15, 0.2) is 46.9 Å². The van der Waals surface area contributed by atoms with Gasteiger partial charge >= 0.3 is 0 Å². The van der Waals surface area contributed by atoms with Gasteiger partial charge in [-0.3, -0.25) is 18.6 Å². The zero-order chi connectivity index (χ0) is 24.5. The van der Waals surface area contributed by atoms with Crippen LogP contribution in [0.2, 0.25) is 0 Å². The third kappa shape index (κ3) is 4.94. The molecule has 0 bridgehead atoms. The average Bonchev–Trinajstić information content (AvgIpc) is 2.81. The summed E-state index contributed by atoms with van der Waals surface area (Å²) >= 11 is 0. The minimum absolute atomic E-state index is 0.0195. The van der Waals surface area contributed by atoms with Crippen molar-refractivity contribution in [1.82, 2.24) is 4.90 Å². The van der Waals surface area contributed by atoms with Crippen molar-refractivity contribution in [2.45, 2.75) is 32.1 Å². The zero-order valence-corrected chi connectivity index (χ0v) is 20.5. The van der Waals surface area contributed by atoms with Crippen molar-refractivity contribution in [2.75, 3.05) is 31.5 Å². The highest BCUT2D eigenvalue weighted by atomic mass is 32.3. The number of amides is 1. The van der Waals surface area contributed by atoms with Gasteiger partial charge < -0.3 is 20.1 Å². The number of nitrogens with two attached hydrogens (primary N) is 1. The normalized spacial score (nSPS) is 20.4. The van der Waals surface area contributed by atoms with Crippen LogP contribution in [0.1, 0.15) is 37.8 Å². The van der Waals surface area contributed by atoms with Gasteiger partial charge in [-0.1, -0.05) is 18.2 Å². The summed E-state index contributed by atoms with van der Waals surface area (Å²) in [6.07, 6.45) is 1.85. The number of amidine groups is 1. The molecule has 2 aliphatic rings. The van der Waals surface area contributed by atoms with Crippen molar-refractivity contribution >= 4 is 28.4 Å². The van der Waals surface area contributed by atoms with Crippen LogP contribution in [-0.4, -0.2) is 52.6 Å². The molecule has 34 heavy (non-hydrogen) atoms. The quantitative estimate of drug-likeness (QED) is 0.483. The predicted molar refractivity (Wildman–Crippen MR) is 134 cm³/mol. The number of anilines is 1. The largest absolute Gasteiger partial charge is 0.497 e. The number of benzene rings is 2. The fourth-order valence-corrected chi connectivity index (χ4v) is 5.35. The van der Waals surface area contributed by atoms with Crippen LogP contribution in [-0.2, 0) is 10.2 Å². The molecule has 0 radical (unpaired) electrons. The Kier molecular flexibility index (Phi) is 6.66. The SMILES string of the molecule is COc1ccc(C(C)(C)C(=O)N2CCCC(COc3cccc4c3C(N)=NS(O)(O)N4)C2)cc1. The third-order valence-electron chi connectivity index (χ3n) is 6.38. The molecule has 2 aliphatic heterocycles. The molecule has 5 N–H and O–H groups in total. The van der Waals surface area contributed by atoms with E-state index in [1.807, 2.05) is 43.0 Å². The van der Waals surface area contributed by atoms with Crippen LogP contribution in [0.4, 0.5) is 5.69 Å². The van der Waals surface area contributed by atoms with E-state index in [0.29, 0.717) is 30.2 Å². The molecule has 1 atom stereocenters. The number of methoxy groups -OCH3 is 1. The Morgan fingerprint density at radius 3 is 2.71 bits per heavy atom. The first-order valence-electron chi connectivity index (χ1n) is 11.2. The molecule has 4 rings (SSSR count). The standard InChI is InChI=1S/C24H32N4O5S/c1-24(2,17-9-11-18(32-3)12-10-17)23(29)28-13-5-6-16(14-28)15-33-20-8-4-7-19-21(20)22(25)27-34(30,31)26-19/h4,7-12,16,26,30-31H,5-6,13-15H2,1-3H3,(H2,25,27). The topological polar surface area (TPSA) is 130 Å². The van der Waals surface area contributed by atoms with Gasteiger partial charge in [0.1, 0.15) is 11.5 Å². The Labute approximate surface area is 201 Å². The van der Waals surface area contributed by atoms with Crippen LogP contribution in [0.5, 0.6) is 11.5 Å². The van der Waals surface area contributed by atoms with Crippen LogP contribution in [0, 0.1) is 5.92 Å². The molecule has 9 nitrogen and oxygen atoms in total. The zero-order valence-electron chi connectivity index (χ0n) is 19.7. The van der Waals surface area contributed by atoms with Gasteiger partial charge in [0.2, 0.25) is 5.91 Å². The number of carbonyl (C=O) groups is 1. The second-order valence-electron chi connectivity index (χ2n) is 9.20. The molecule has 1 saturated heterocycles. The molecule has 2 aromatic rings. The first-order chi connectivity index (χ1) is 16.1. The van der Waals surface area contributed by atoms with Gasteiger partial charge in [-0.15, -0.1) is 4.40 Å². The number of likely N-dealkylation sites (tertiary alicyclic amines) is 1. The number of nitrogens with zero attached hydrogens (tertiary/aromatic N) is 2. The van der Waals surface area contributed by atoms with Crippen LogP contribution >= 0.6 is 11.0 Å². The Hall–Kier alpha value is -2.95. The second-order valence-corrected chi connectivity index (χ2v) is 10.6. The van der Waals surface area contributed by atoms with E-state index in [-0.39, 0.29) is 17.7 Å². The van der Waals surface area contributed by atoms with Crippen molar-refractivity contribution in [3.63, 3.8) is 0 Å². The van der Waals surface area contributed by atoms with Crippen molar-refractivity contribution in [3.8, 4) is 11.5 Å². The summed E-state index contributed by atoms with van der Waals surface area (Å²) < 4.78 is 37.4. The summed E-state index contributed by atoms with van der Waals surface area (Å²) in [4.78, 5) is 15.4. The molecule has 2 aromatic carbocycles. The van der Waals surface area contributed by atoms with Crippen LogP contribution in [0.25, 0.3) is 0 Å². The molecule has 0 aliphatic carbocycles. The molecule has 1 unspecified atom stereocenters. The maximum absolute atomic E-state index is 13.5. The highest BCUT2D eigenvalue weighted by Gasteiger charge is 2.36. The van der Waals surface area contributed by atoms with Crippen molar-refractivity contribution in [1.29, 1.82) is 0 Å². The number of rotatable bonds is 6. The van der Waals surface area contributed by atoms with E-state index in [1.165, 1.54) is 0 Å². The number of hydrogen-bond acceptors (Lipinski definition) is 8. The van der Waals surface area contributed by atoms with E-state index < -0.39 is 16.4 Å². The molecule has 1 amide bonds. The summed E-state index contributed by atoms with van der Waals surface area (Å²) in [5, 5.41) is 0. The fourth-order valence-electron chi connectivity index (χ4n) is 4.47. The van der Waals surface area contributed by atoms with Crippen molar-refractivity contribution in [3.05, 3.63) is 53.6 Å². The van der Waals surface area contributed by atoms with Gasteiger partial charge in [-0.25, -0.2) is 0 Å². The van der Waals surface area contributed by atoms with Crippen LogP contribution < -0.4 is 19.9 Å². The molecular weight excluding hydrogens is 456 g/mol. The van der Waals surface area contributed by atoms with E-state index in [9.17, 15) is 13.9 Å². The number of hydrogen-bond donors (Lipinski definition) is 4. The molecule has 0 spiro atoms. The molecule has 1 fully saturated rings. The molecule has 184 valence electrons. The van der Waals surface area contributed by atoms with Crippen LogP contribution in [0.3, 0.4) is 0 Å². The third-order valence-corrected chi connectivity index (χ3v) is 7.33. The summed E-state index contributed by atoms with van der Waals surface area (Å²) in [6.45, 7) is 5.64. The minimum atomic E-state index is -3.35. The van der Waals surface area contributed by atoms with E-state index in [0.717, 1.165) is 30.7 Å². The van der Waals surface area contributed by atoms with Gasteiger partial charge in [-0.2, -0.15) is 0 Å². The molecule has 2 heterocycles. The number of fused-ring (bicyclic) bond motifs is 1. The molecule has 10 heteroatoms. The maximum atomic E-state index is 13.5. The van der Waals surface area contributed by atoms with E-state index in [4.69, 9.17) is 15.2 Å². The van der Waals surface area contributed by atoms with Gasteiger partial charge in [-0.05, 0) is 67.5 Å². The van der Waals surface area contributed by atoms with E-state index >= 15 is 0 Å². The smallest absolute Gasteiger partial charge is 0.232 e. The van der Waals surface area contributed by atoms with E-state index in [1.54, 1.807) is 25.3 Å². The van der Waals surface area contributed by atoms with Crippen molar-refractivity contribution < 1.29 is 23.4 Å². The number of piperidine rings is 1.